The van der Waals surface area contributed by atoms with Crippen LogP contribution in [0, 0.1) is 0 Å². The number of carbonyl (C=O) groups is 1. The van der Waals surface area contributed by atoms with Crippen LogP contribution in [0.15, 0.2) is 39.5 Å². The molecule has 1 saturated heterocycles. The van der Waals surface area contributed by atoms with E-state index in [-0.39, 0.29) is 11.9 Å². The molecule has 30 heavy (non-hydrogen) atoms. The second kappa shape index (κ2) is 10.3. The molecule has 9 heteroatoms. The van der Waals surface area contributed by atoms with Gasteiger partial charge in [0.2, 0.25) is 17.6 Å². The molecule has 1 fully saturated rings. The quantitative estimate of drug-likeness (QED) is 0.545. The highest BCUT2D eigenvalue weighted by Crippen LogP contribution is 2.21. The van der Waals surface area contributed by atoms with Crippen molar-refractivity contribution in [2.45, 2.75) is 25.8 Å². The lowest BCUT2D eigenvalue weighted by atomic mass is 10.2. The van der Waals surface area contributed by atoms with Gasteiger partial charge in [-0.25, -0.2) is 0 Å². The van der Waals surface area contributed by atoms with Gasteiger partial charge in [0.1, 0.15) is 0 Å². The number of aryl methyl sites for hydroxylation is 1. The Morgan fingerprint density at radius 2 is 1.93 bits per heavy atom. The largest absolute Gasteiger partial charge is 0.348 e. The van der Waals surface area contributed by atoms with Crippen LogP contribution in [0.1, 0.15) is 30.2 Å². The maximum absolute atomic E-state index is 12.3. The molecule has 0 aliphatic carbocycles. The van der Waals surface area contributed by atoms with Crippen molar-refractivity contribution in [3.8, 4) is 10.7 Å². The van der Waals surface area contributed by atoms with Crippen LogP contribution in [0.3, 0.4) is 0 Å². The molecule has 0 radical (unpaired) electrons. The number of hydrogen-bond donors (Lipinski definition) is 1. The van der Waals surface area contributed by atoms with Gasteiger partial charge in [-0.1, -0.05) is 17.3 Å². The lowest BCUT2D eigenvalue weighted by Gasteiger charge is -2.34. The molecule has 4 heterocycles. The van der Waals surface area contributed by atoms with Crippen molar-refractivity contribution in [3.63, 3.8) is 0 Å². The van der Waals surface area contributed by atoms with Crippen LogP contribution in [0.2, 0.25) is 0 Å². The average molecular weight is 446 g/mol. The Kier molecular flexibility index (Phi) is 7.27. The fourth-order valence-corrected chi connectivity index (χ4v) is 4.97. The van der Waals surface area contributed by atoms with Crippen molar-refractivity contribution in [2.24, 2.45) is 0 Å². The van der Waals surface area contributed by atoms with Crippen LogP contribution in [0.4, 0.5) is 0 Å². The highest BCUT2D eigenvalue weighted by atomic mass is 32.1. The molecule has 1 atom stereocenters. The predicted octanol–water partition coefficient (Wildman–Crippen LogP) is 3.29. The molecule has 1 N–H and O–H groups in total. The molecule has 1 aliphatic rings. The van der Waals surface area contributed by atoms with Crippen molar-refractivity contribution >= 4 is 28.6 Å². The zero-order chi connectivity index (χ0) is 20.8. The van der Waals surface area contributed by atoms with Gasteiger partial charge in [-0.05, 0) is 42.8 Å². The van der Waals surface area contributed by atoms with Gasteiger partial charge in [-0.2, -0.15) is 4.98 Å². The Hall–Kier alpha value is -2.07. The number of thiophene rings is 2. The molecule has 0 spiro atoms. The third-order valence-corrected chi connectivity index (χ3v) is 7.18. The minimum absolute atomic E-state index is 0.0730. The minimum atomic E-state index is 0.0730. The minimum Gasteiger partial charge on any atom is -0.348 e. The van der Waals surface area contributed by atoms with Crippen molar-refractivity contribution in [3.05, 3.63) is 45.8 Å². The van der Waals surface area contributed by atoms with Gasteiger partial charge >= 0.3 is 0 Å². The number of piperazine rings is 1. The van der Waals surface area contributed by atoms with Crippen LogP contribution in [-0.2, 0) is 11.2 Å². The third-order valence-electron chi connectivity index (χ3n) is 5.25. The number of nitrogens with zero attached hydrogens (tertiary/aromatic N) is 4. The Labute approximate surface area is 184 Å². The number of carbonyl (C=O) groups excluding carboxylic acids is 1. The summed E-state index contributed by atoms with van der Waals surface area (Å²) in [6, 6.07) is 8.14. The summed E-state index contributed by atoms with van der Waals surface area (Å²) in [4.78, 5) is 23.7. The number of aromatic nitrogens is 2. The molecule has 4 rings (SSSR count). The normalized spacial score (nSPS) is 16.6. The monoisotopic (exact) mass is 445 g/mol. The van der Waals surface area contributed by atoms with E-state index in [1.165, 1.54) is 4.88 Å². The van der Waals surface area contributed by atoms with Crippen LogP contribution < -0.4 is 5.32 Å². The maximum Gasteiger partial charge on any atom is 0.234 e. The first-order valence-corrected chi connectivity index (χ1v) is 12.1. The number of rotatable bonds is 9. The summed E-state index contributed by atoms with van der Waals surface area (Å²) in [6.45, 7) is 7.32. The summed E-state index contributed by atoms with van der Waals surface area (Å²) in [5, 5.41) is 11.2. The molecule has 3 aromatic rings. The summed E-state index contributed by atoms with van der Waals surface area (Å²) in [6.07, 6.45) is 1.78. The van der Waals surface area contributed by atoms with Crippen molar-refractivity contribution in [1.82, 2.24) is 25.3 Å². The van der Waals surface area contributed by atoms with E-state index in [2.05, 4.69) is 31.3 Å². The highest BCUT2D eigenvalue weighted by Gasteiger charge is 2.20. The molecule has 0 aromatic carbocycles. The van der Waals surface area contributed by atoms with E-state index < -0.39 is 0 Å². The molecule has 3 aromatic heterocycles. The fourth-order valence-electron chi connectivity index (χ4n) is 3.59. The maximum atomic E-state index is 12.3. The summed E-state index contributed by atoms with van der Waals surface area (Å²) in [5.74, 6) is 1.48. The molecule has 0 saturated carbocycles. The zero-order valence-corrected chi connectivity index (χ0v) is 18.8. The van der Waals surface area contributed by atoms with Gasteiger partial charge in [-0.15, -0.1) is 22.7 Å². The van der Waals surface area contributed by atoms with Crippen LogP contribution in [-0.4, -0.2) is 65.1 Å². The Morgan fingerprint density at radius 1 is 1.17 bits per heavy atom. The van der Waals surface area contributed by atoms with Gasteiger partial charge in [0, 0.05) is 37.5 Å². The molecular formula is C21H27N5O2S2. The molecular weight excluding hydrogens is 418 g/mol. The molecule has 1 aliphatic heterocycles. The average Bonchev–Trinajstić information content (AvgIpc) is 3.51. The Bertz CT molecular complexity index is 902. The molecule has 160 valence electrons. The van der Waals surface area contributed by atoms with Gasteiger partial charge in [0.25, 0.3) is 0 Å². The first kappa shape index (κ1) is 21.2. The number of amides is 1. The van der Waals surface area contributed by atoms with Crippen LogP contribution in [0.25, 0.3) is 10.7 Å². The van der Waals surface area contributed by atoms with Crippen LogP contribution >= 0.6 is 22.7 Å². The third kappa shape index (κ3) is 5.75. The van der Waals surface area contributed by atoms with E-state index in [9.17, 15) is 4.79 Å². The predicted molar refractivity (Wildman–Crippen MR) is 120 cm³/mol. The zero-order valence-electron chi connectivity index (χ0n) is 17.1. The Morgan fingerprint density at radius 3 is 2.67 bits per heavy atom. The van der Waals surface area contributed by atoms with E-state index in [1.807, 2.05) is 35.9 Å². The summed E-state index contributed by atoms with van der Waals surface area (Å²) in [5.41, 5.74) is 0. The van der Waals surface area contributed by atoms with E-state index in [1.54, 1.807) is 22.7 Å². The van der Waals surface area contributed by atoms with Gasteiger partial charge < -0.3 is 14.7 Å². The van der Waals surface area contributed by atoms with Gasteiger partial charge in [-0.3, -0.25) is 9.69 Å². The lowest BCUT2D eigenvalue weighted by Crippen LogP contribution is -2.49. The molecule has 7 nitrogen and oxygen atoms in total. The standard InChI is InChI=1S/C21H27N5O2S2/c1-16(17-5-3-13-29-17)22-19(27)15-26-11-9-25(10-12-26)8-2-7-20-23-21(24-28-20)18-6-4-14-30-18/h3-6,13-14,16H,2,7-12,15H2,1H3,(H,22,27). The first-order valence-electron chi connectivity index (χ1n) is 10.3. The Balaban J connectivity index is 1.12. The van der Waals surface area contributed by atoms with E-state index in [0.29, 0.717) is 18.3 Å². The summed E-state index contributed by atoms with van der Waals surface area (Å²) < 4.78 is 5.37. The van der Waals surface area contributed by atoms with E-state index in [0.717, 1.165) is 50.4 Å². The van der Waals surface area contributed by atoms with E-state index in [4.69, 9.17) is 4.52 Å². The van der Waals surface area contributed by atoms with Gasteiger partial charge in [0.15, 0.2) is 0 Å². The molecule has 1 amide bonds. The topological polar surface area (TPSA) is 74.5 Å². The first-order chi connectivity index (χ1) is 14.7. The molecule has 1 unspecified atom stereocenters. The fraction of sp³-hybridized carbons (Fsp3) is 0.476. The van der Waals surface area contributed by atoms with Crippen molar-refractivity contribution in [1.29, 1.82) is 0 Å². The van der Waals surface area contributed by atoms with Gasteiger partial charge in [0.05, 0.1) is 17.5 Å². The summed E-state index contributed by atoms with van der Waals surface area (Å²) >= 11 is 3.29. The van der Waals surface area contributed by atoms with Crippen LogP contribution in [0.5, 0.6) is 0 Å². The van der Waals surface area contributed by atoms with E-state index >= 15 is 0 Å². The van der Waals surface area contributed by atoms with Crippen molar-refractivity contribution < 1.29 is 9.32 Å². The number of hydrogen-bond acceptors (Lipinski definition) is 8. The highest BCUT2D eigenvalue weighted by molar-refractivity contribution is 7.13. The molecule has 0 bridgehead atoms. The SMILES string of the molecule is CC(NC(=O)CN1CCN(CCCc2nc(-c3cccs3)no2)CC1)c1cccs1. The second-order valence-electron chi connectivity index (χ2n) is 7.51. The summed E-state index contributed by atoms with van der Waals surface area (Å²) in [7, 11) is 0. The van der Waals surface area contributed by atoms with Crippen molar-refractivity contribution in [2.75, 3.05) is 39.3 Å². The second-order valence-corrected chi connectivity index (χ2v) is 9.44. The number of nitrogens with one attached hydrogen (secondary N) is 1. The lowest BCUT2D eigenvalue weighted by molar-refractivity contribution is -0.123. The smallest absolute Gasteiger partial charge is 0.234 e.